The third-order valence-corrected chi connectivity index (χ3v) is 4.02. The van der Waals surface area contributed by atoms with Gasteiger partial charge in [-0.15, -0.1) is 0 Å². The zero-order valence-electron chi connectivity index (χ0n) is 10.6. The van der Waals surface area contributed by atoms with Gasteiger partial charge in [-0.2, -0.15) is 8.42 Å². The molecule has 4 heteroatoms. The quantitative estimate of drug-likeness (QED) is 0.733. The van der Waals surface area contributed by atoms with Gasteiger partial charge in [-0.05, 0) is 32.4 Å². The summed E-state index contributed by atoms with van der Waals surface area (Å²) in [5.74, 6) is 0. The lowest BCUT2D eigenvalue weighted by Crippen LogP contribution is -2.28. The van der Waals surface area contributed by atoms with Crippen LogP contribution in [0.4, 0.5) is 0 Å². The first kappa shape index (κ1) is 14.2. The molecule has 0 N–H and O–H groups in total. The molecule has 0 bridgehead atoms. The Bertz CT molecular complexity index is 435. The fourth-order valence-electron chi connectivity index (χ4n) is 1.58. The van der Waals surface area contributed by atoms with Crippen molar-refractivity contribution in [2.24, 2.45) is 0 Å². The van der Waals surface area contributed by atoms with E-state index in [-0.39, 0.29) is 4.90 Å². The summed E-state index contributed by atoms with van der Waals surface area (Å²) >= 11 is 0. The fraction of sp³-hybridized carbons (Fsp3) is 0.538. The molecule has 0 unspecified atom stereocenters. The summed E-state index contributed by atoms with van der Waals surface area (Å²) < 4.78 is 29.3. The molecule has 3 nitrogen and oxygen atoms in total. The molecular formula is C13H20O3S. The van der Waals surface area contributed by atoms with Gasteiger partial charge in [0.1, 0.15) is 0 Å². The maximum Gasteiger partial charge on any atom is 0.297 e. The van der Waals surface area contributed by atoms with Crippen molar-refractivity contribution in [1.82, 2.24) is 0 Å². The van der Waals surface area contributed by atoms with Crippen molar-refractivity contribution in [2.45, 2.75) is 50.5 Å². The Labute approximate surface area is 104 Å². The molecule has 0 saturated carbocycles. The summed E-state index contributed by atoms with van der Waals surface area (Å²) in [4.78, 5) is 0.213. The highest BCUT2D eigenvalue weighted by molar-refractivity contribution is 7.86. The van der Waals surface area contributed by atoms with E-state index >= 15 is 0 Å². The standard InChI is InChI=1S/C13H20O3S/c1-4-5-11-13(2,3)16-17(14,15)12-9-7-6-8-10-12/h6-10H,4-5,11H2,1-3H3. The van der Waals surface area contributed by atoms with Gasteiger partial charge < -0.3 is 0 Å². The zero-order valence-corrected chi connectivity index (χ0v) is 11.5. The molecule has 0 atom stereocenters. The molecule has 0 aliphatic rings. The molecule has 0 aromatic heterocycles. The lowest BCUT2D eigenvalue weighted by molar-refractivity contribution is 0.105. The van der Waals surface area contributed by atoms with Gasteiger partial charge in [-0.3, -0.25) is 4.18 Å². The van der Waals surface area contributed by atoms with E-state index in [2.05, 4.69) is 6.92 Å². The van der Waals surface area contributed by atoms with Crippen LogP contribution in [0.25, 0.3) is 0 Å². The summed E-state index contributed by atoms with van der Waals surface area (Å²) in [6, 6.07) is 8.25. The SMILES string of the molecule is CCCCC(C)(C)OS(=O)(=O)c1ccccc1. The number of unbranched alkanes of at least 4 members (excludes halogenated alkanes) is 1. The van der Waals surface area contributed by atoms with Crippen LogP contribution in [0.3, 0.4) is 0 Å². The minimum Gasteiger partial charge on any atom is -0.260 e. The van der Waals surface area contributed by atoms with Gasteiger partial charge in [0.15, 0.2) is 0 Å². The van der Waals surface area contributed by atoms with Crippen LogP contribution in [-0.4, -0.2) is 14.0 Å². The van der Waals surface area contributed by atoms with Gasteiger partial charge in [0.25, 0.3) is 10.1 Å². The first-order valence-corrected chi connectivity index (χ1v) is 7.29. The summed E-state index contributed by atoms with van der Waals surface area (Å²) in [5, 5.41) is 0. The predicted octanol–water partition coefficient (Wildman–Crippen LogP) is 3.36. The molecule has 0 heterocycles. The predicted molar refractivity (Wildman–Crippen MR) is 68.3 cm³/mol. The first-order valence-electron chi connectivity index (χ1n) is 5.88. The highest BCUT2D eigenvalue weighted by atomic mass is 32.2. The van der Waals surface area contributed by atoms with E-state index in [1.54, 1.807) is 30.3 Å². The molecule has 0 spiro atoms. The van der Waals surface area contributed by atoms with Crippen molar-refractivity contribution in [2.75, 3.05) is 0 Å². The van der Waals surface area contributed by atoms with E-state index in [4.69, 9.17) is 4.18 Å². The van der Waals surface area contributed by atoms with Crippen molar-refractivity contribution < 1.29 is 12.6 Å². The smallest absolute Gasteiger partial charge is 0.260 e. The van der Waals surface area contributed by atoms with E-state index in [1.165, 1.54) is 0 Å². The molecule has 0 aliphatic heterocycles. The fourth-order valence-corrected chi connectivity index (χ4v) is 2.84. The Hall–Kier alpha value is -0.870. The molecule has 1 aromatic carbocycles. The van der Waals surface area contributed by atoms with Crippen molar-refractivity contribution in [3.8, 4) is 0 Å². The maximum atomic E-state index is 12.0. The number of hydrogen-bond acceptors (Lipinski definition) is 3. The summed E-state index contributed by atoms with van der Waals surface area (Å²) in [6.45, 7) is 5.69. The molecule has 1 aromatic rings. The Morgan fingerprint density at radius 2 is 1.76 bits per heavy atom. The van der Waals surface area contributed by atoms with Gasteiger partial charge >= 0.3 is 0 Å². The average Bonchev–Trinajstić information content (AvgIpc) is 2.26. The van der Waals surface area contributed by atoms with Crippen molar-refractivity contribution in [1.29, 1.82) is 0 Å². The molecule has 0 saturated heterocycles. The second kappa shape index (κ2) is 5.65. The lowest BCUT2D eigenvalue weighted by Gasteiger charge is -2.24. The largest absolute Gasteiger partial charge is 0.297 e. The number of benzene rings is 1. The van der Waals surface area contributed by atoms with Gasteiger partial charge in [0.2, 0.25) is 0 Å². The average molecular weight is 256 g/mol. The second-order valence-electron chi connectivity index (χ2n) is 4.71. The minimum absolute atomic E-state index is 0.213. The van der Waals surface area contributed by atoms with Crippen LogP contribution < -0.4 is 0 Å². The maximum absolute atomic E-state index is 12.0. The van der Waals surface area contributed by atoms with Crippen molar-refractivity contribution in [3.05, 3.63) is 30.3 Å². The Kier molecular flexibility index (Phi) is 4.71. The third kappa shape index (κ3) is 4.48. The van der Waals surface area contributed by atoms with E-state index in [0.29, 0.717) is 0 Å². The van der Waals surface area contributed by atoms with E-state index in [9.17, 15) is 8.42 Å². The zero-order chi connectivity index (χ0) is 12.9. The Morgan fingerprint density at radius 3 is 2.29 bits per heavy atom. The monoisotopic (exact) mass is 256 g/mol. The molecule has 0 amide bonds. The highest BCUT2D eigenvalue weighted by Gasteiger charge is 2.27. The Balaban J connectivity index is 2.80. The highest BCUT2D eigenvalue weighted by Crippen LogP contribution is 2.24. The topological polar surface area (TPSA) is 43.4 Å². The second-order valence-corrected chi connectivity index (χ2v) is 6.26. The van der Waals surface area contributed by atoms with Crippen LogP contribution in [0, 0.1) is 0 Å². The molecule has 0 radical (unpaired) electrons. The van der Waals surface area contributed by atoms with Crippen LogP contribution in [0.1, 0.15) is 40.0 Å². The summed E-state index contributed by atoms with van der Waals surface area (Å²) in [6.07, 6.45) is 2.71. The van der Waals surface area contributed by atoms with E-state index < -0.39 is 15.7 Å². The third-order valence-electron chi connectivity index (χ3n) is 2.50. The van der Waals surface area contributed by atoms with Gasteiger partial charge in [0, 0.05) is 0 Å². The van der Waals surface area contributed by atoms with Crippen molar-refractivity contribution >= 4 is 10.1 Å². The van der Waals surface area contributed by atoms with E-state index in [0.717, 1.165) is 19.3 Å². The minimum atomic E-state index is -3.65. The number of hydrogen-bond donors (Lipinski definition) is 0. The van der Waals surface area contributed by atoms with Crippen LogP contribution in [0.15, 0.2) is 35.2 Å². The van der Waals surface area contributed by atoms with Gasteiger partial charge in [-0.1, -0.05) is 38.0 Å². The van der Waals surface area contributed by atoms with Crippen LogP contribution >= 0.6 is 0 Å². The molecule has 1 rings (SSSR count). The lowest BCUT2D eigenvalue weighted by atomic mass is 10.0. The summed E-state index contributed by atoms with van der Waals surface area (Å²) in [7, 11) is -3.65. The van der Waals surface area contributed by atoms with Crippen LogP contribution in [0.5, 0.6) is 0 Å². The Morgan fingerprint density at radius 1 is 1.18 bits per heavy atom. The molecule has 0 aliphatic carbocycles. The van der Waals surface area contributed by atoms with Gasteiger partial charge in [-0.25, -0.2) is 0 Å². The number of rotatable bonds is 6. The van der Waals surface area contributed by atoms with E-state index in [1.807, 2.05) is 13.8 Å². The molecular weight excluding hydrogens is 236 g/mol. The molecule has 96 valence electrons. The first-order chi connectivity index (χ1) is 7.87. The molecule has 17 heavy (non-hydrogen) atoms. The van der Waals surface area contributed by atoms with Crippen LogP contribution in [-0.2, 0) is 14.3 Å². The van der Waals surface area contributed by atoms with Gasteiger partial charge in [0.05, 0.1) is 10.5 Å². The molecule has 0 fully saturated rings. The summed E-state index contributed by atoms with van der Waals surface area (Å²) in [5.41, 5.74) is -0.648. The van der Waals surface area contributed by atoms with Crippen molar-refractivity contribution in [3.63, 3.8) is 0 Å². The normalized spacial score (nSPS) is 12.6. The van der Waals surface area contributed by atoms with Crippen LogP contribution in [0.2, 0.25) is 0 Å².